The highest BCUT2D eigenvalue weighted by atomic mass is 15.2. The van der Waals surface area contributed by atoms with E-state index in [0.717, 1.165) is 31.3 Å². The first-order chi connectivity index (χ1) is 11.2. The van der Waals surface area contributed by atoms with Crippen LogP contribution in [0.2, 0.25) is 0 Å². The van der Waals surface area contributed by atoms with Gasteiger partial charge in [0.15, 0.2) is 11.6 Å². The van der Waals surface area contributed by atoms with E-state index in [-0.39, 0.29) is 0 Å². The molecule has 0 bridgehead atoms. The summed E-state index contributed by atoms with van der Waals surface area (Å²) in [6.07, 6.45) is 7.61. The molecule has 0 unspecified atom stereocenters. The zero-order valence-corrected chi connectivity index (χ0v) is 14.0. The maximum Gasteiger partial charge on any atom is 0.176 e. The fourth-order valence-electron chi connectivity index (χ4n) is 2.80. The molecule has 2 heterocycles. The van der Waals surface area contributed by atoms with Gasteiger partial charge in [0.25, 0.3) is 0 Å². The van der Waals surface area contributed by atoms with Gasteiger partial charge in [0.05, 0.1) is 0 Å². The minimum absolute atomic E-state index is 0.879. The van der Waals surface area contributed by atoms with Gasteiger partial charge in [-0.3, -0.25) is 0 Å². The van der Waals surface area contributed by atoms with E-state index < -0.39 is 0 Å². The molecule has 3 aromatic rings. The van der Waals surface area contributed by atoms with Crippen LogP contribution < -0.4 is 4.90 Å². The van der Waals surface area contributed by atoms with Gasteiger partial charge >= 0.3 is 0 Å². The predicted octanol–water partition coefficient (Wildman–Crippen LogP) is 3.12. The summed E-state index contributed by atoms with van der Waals surface area (Å²) in [7, 11) is 1.99. The Morgan fingerprint density at radius 1 is 1.09 bits per heavy atom. The van der Waals surface area contributed by atoms with Gasteiger partial charge in [-0.05, 0) is 31.5 Å². The molecule has 0 N–H and O–H groups in total. The van der Waals surface area contributed by atoms with Crippen molar-refractivity contribution in [3.8, 4) is 11.6 Å². The van der Waals surface area contributed by atoms with Crippen LogP contribution in [0.1, 0.15) is 12.5 Å². The predicted molar refractivity (Wildman–Crippen MR) is 93.5 cm³/mol. The molecular weight excluding hydrogens is 286 g/mol. The number of aryl methyl sites for hydroxylation is 2. The van der Waals surface area contributed by atoms with Crippen molar-refractivity contribution in [2.75, 3.05) is 18.0 Å². The Bertz CT molecular complexity index is 771. The van der Waals surface area contributed by atoms with Crippen LogP contribution in [0.3, 0.4) is 0 Å². The lowest BCUT2D eigenvalue weighted by Gasteiger charge is -2.24. The first-order valence-electron chi connectivity index (χ1n) is 7.99. The second-order valence-electron chi connectivity index (χ2n) is 5.72. The molecule has 0 radical (unpaired) electrons. The molecule has 120 valence electrons. The summed E-state index contributed by atoms with van der Waals surface area (Å²) in [6.45, 7) is 7.12. The van der Waals surface area contributed by atoms with Gasteiger partial charge in [0, 0.05) is 57.2 Å². The monoisotopic (exact) mass is 309 g/mol. The van der Waals surface area contributed by atoms with Crippen molar-refractivity contribution in [2.24, 2.45) is 7.05 Å². The number of hydrogen-bond donors (Lipinski definition) is 0. The third-order valence-electron chi connectivity index (χ3n) is 4.10. The highest BCUT2D eigenvalue weighted by molar-refractivity contribution is 5.48. The molecule has 0 aliphatic rings. The summed E-state index contributed by atoms with van der Waals surface area (Å²) in [5.41, 5.74) is 2.56. The molecule has 5 heteroatoms. The first-order valence-corrected chi connectivity index (χ1v) is 7.99. The number of imidazole rings is 2. The van der Waals surface area contributed by atoms with E-state index >= 15 is 0 Å². The van der Waals surface area contributed by atoms with Crippen LogP contribution in [0.5, 0.6) is 0 Å². The SMILES string of the molecule is CCN(CCn1ccnc1-c1nccn1C)c1cccc(C)c1. The number of anilines is 1. The van der Waals surface area contributed by atoms with Crippen LogP contribution >= 0.6 is 0 Å². The van der Waals surface area contributed by atoms with Crippen LogP contribution in [0.15, 0.2) is 49.1 Å². The molecule has 1 aromatic carbocycles. The van der Waals surface area contributed by atoms with Crippen LogP contribution in [0.4, 0.5) is 5.69 Å². The van der Waals surface area contributed by atoms with E-state index in [1.54, 1.807) is 6.20 Å². The average Bonchev–Trinajstić information content (AvgIpc) is 3.16. The van der Waals surface area contributed by atoms with Crippen LogP contribution in [-0.2, 0) is 13.6 Å². The second kappa shape index (κ2) is 6.69. The lowest BCUT2D eigenvalue weighted by molar-refractivity contribution is 0.665. The standard InChI is InChI=1S/C18H23N5/c1-4-22(16-7-5-6-15(2)14-16)12-13-23-11-9-20-18(23)17-19-8-10-21(17)3/h5-11,14H,4,12-13H2,1-3H3. The number of benzene rings is 1. The van der Waals surface area contributed by atoms with Crippen molar-refractivity contribution in [3.05, 3.63) is 54.6 Å². The van der Waals surface area contributed by atoms with Crippen LogP contribution in [0.25, 0.3) is 11.6 Å². The Hall–Kier alpha value is -2.56. The van der Waals surface area contributed by atoms with E-state index in [4.69, 9.17) is 0 Å². The fourth-order valence-corrected chi connectivity index (χ4v) is 2.80. The van der Waals surface area contributed by atoms with Gasteiger partial charge in [0.1, 0.15) is 0 Å². The number of hydrogen-bond acceptors (Lipinski definition) is 3. The van der Waals surface area contributed by atoms with Gasteiger partial charge in [0.2, 0.25) is 0 Å². The molecule has 0 atom stereocenters. The van der Waals surface area contributed by atoms with Crippen molar-refractivity contribution < 1.29 is 0 Å². The number of likely N-dealkylation sites (N-methyl/N-ethyl adjacent to an activating group) is 1. The Balaban J connectivity index is 1.76. The average molecular weight is 309 g/mol. The molecule has 0 amide bonds. The minimum Gasteiger partial charge on any atom is -0.370 e. The highest BCUT2D eigenvalue weighted by Crippen LogP contribution is 2.17. The van der Waals surface area contributed by atoms with Crippen LogP contribution in [-0.4, -0.2) is 32.2 Å². The molecular formula is C18H23N5. The lowest BCUT2D eigenvalue weighted by Crippen LogP contribution is -2.27. The molecule has 0 aliphatic carbocycles. The lowest BCUT2D eigenvalue weighted by atomic mass is 10.2. The van der Waals surface area contributed by atoms with Crippen LogP contribution in [0, 0.1) is 6.92 Å². The Morgan fingerprint density at radius 2 is 1.87 bits per heavy atom. The van der Waals surface area contributed by atoms with Gasteiger partial charge in [-0.25, -0.2) is 9.97 Å². The molecule has 0 saturated carbocycles. The second-order valence-corrected chi connectivity index (χ2v) is 5.72. The van der Waals surface area contributed by atoms with E-state index in [9.17, 15) is 0 Å². The zero-order valence-electron chi connectivity index (χ0n) is 14.0. The summed E-state index contributed by atoms with van der Waals surface area (Å²) in [5, 5.41) is 0. The minimum atomic E-state index is 0.879. The largest absolute Gasteiger partial charge is 0.370 e. The molecule has 0 saturated heterocycles. The molecule has 5 nitrogen and oxygen atoms in total. The smallest absolute Gasteiger partial charge is 0.176 e. The van der Waals surface area contributed by atoms with Crippen molar-refractivity contribution in [1.82, 2.24) is 19.1 Å². The van der Waals surface area contributed by atoms with Gasteiger partial charge < -0.3 is 14.0 Å². The molecule has 23 heavy (non-hydrogen) atoms. The summed E-state index contributed by atoms with van der Waals surface area (Å²) >= 11 is 0. The van der Waals surface area contributed by atoms with E-state index in [2.05, 4.69) is 57.5 Å². The number of nitrogens with zero attached hydrogens (tertiary/aromatic N) is 5. The van der Waals surface area contributed by atoms with Crippen molar-refractivity contribution >= 4 is 5.69 Å². The molecule has 0 aliphatic heterocycles. The topological polar surface area (TPSA) is 38.9 Å². The molecule has 0 spiro atoms. The third-order valence-corrected chi connectivity index (χ3v) is 4.10. The van der Waals surface area contributed by atoms with Gasteiger partial charge in [-0.1, -0.05) is 12.1 Å². The Labute approximate surface area is 137 Å². The van der Waals surface area contributed by atoms with Crippen molar-refractivity contribution in [2.45, 2.75) is 20.4 Å². The number of rotatable bonds is 6. The third kappa shape index (κ3) is 3.28. The summed E-state index contributed by atoms with van der Waals surface area (Å²) < 4.78 is 4.16. The Morgan fingerprint density at radius 3 is 2.57 bits per heavy atom. The summed E-state index contributed by atoms with van der Waals surface area (Å²) in [4.78, 5) is 11.3. The van der Waals surface area contributed by atoms with Gasteiger partial charge in [-0.2, -0.15) is 0 Å². The normalized spacial score (nSPS) is 10.9. The highest BCUT2D eigenvalue weighted by Gasteiger charge is 2.11. The van der Waals surface area contributed by atoms with Crippen molar-refractivity contribution in [3.63, 3.8) is 0 Å². The maximum atomic E-state index is 4.47. The van der Waals surface area contributed by atoms with E-state index in [0.29, 0.717) is 0 Å². The first kappa shape index (κ1) is 15.3. The van der Waals surface area contributed by atoms with E-state index in [1.165, 1.54) is 11.3 Å². The zero-order chi connectivity index (χ0) is 16.2. The maximum absolute atomic E-state index is 4.47. The van der Waals surface area contributed by atoms with Gasteiger partial charge in [-0.15, -0.1) is 0 Å². The molecule has 0 fully saturated rings. The van der Waals surface area contributed by atoms with Crippen molar-refractivity contribution in [1.29, 1.82) is 0 Å². The quantitative estimate of drug-likeness (QED) is 0.702. The number of aromatic nitrogens is 4. The van der Waals surface area contributed by atoms with E-state index in [1.807, 2.05) is 30.2 Å². The molecule has 2 aromatic heterocycles. The fraction of sp³-hybridized carbons (Fsp3) is 0.333. The Kier molecular flexibility index (Phi) is 4.46. The molecule has 3 rings (SSSR count). The summed E-state index contributed by atoms with van der Waals surface area (Å²) in [5.74, 6) is 1.81. The summed E-state index contributed by atoms with van der Waals surface area (Å²) in [6, 6.07) is 8.65.